The van der Waals surface area contributed by atoms with Gasteiger partial charge in [-0.25, -0.2) is 0 Å². The van der Waals surface area contributed by atoms with Gasteiger partial charge in [-0.05, 0) is 64.3 Å². The van der Waals surface area contributed by atoms with Crippen molar-refractivity contribution < 1.29 is 5.11 Å². The molecule has 1 saturated heterocycles. The maximum atomic E-state index is 11.2. The van der Waals surface area contributed by atoms with E-state index in [0.29, 0.717) is 12.0 Å². The maximum absolute atomic E-state index is 11.2. The number of nitrogens with zero attached hydrogens (tertiary/aromatic N) is 2. The minimum absolute atomic E-state index is 0.363. The van der Waals surface area contributed by atoms with Crippen LogP contribution in [0.25, 0.3) is 0 Å². The fraction of sp³-hybridized carbons (Fsp3) is 0.941. The molecule has 20 heavy (non-hydrogen) atoms. The van der Waals surface area contributed by atoms with Gasteiger partial charge in [-0.3, -0.25) is 0 Å². The van der Waals surface area contributed by atoms with Crippen molar-refractivity contribution in [1.29, 1.82) is 5.26 Å². The summed E-state index contributed by atoms with van der Waals surface area (Å²) >= 11 is 0. The van der Waals surface area contributed by atoms with Crippen LogP contribution in [-0.4, -0.2) is 35.2 Å². The van der Waals surface area contributed by atoms with Gasteiger partial charge in [0.2, 0.25) is 0 Å². The van der Waals surface area contributed by atoms with Gasteiger partial charge in [0.25, 0.3) is 0 Å². The van der Waals surface area contributed by atoms with Crippen molar-refractivity contribution in [2.24, 2.45) is 17.3 Å². The van der Waals surface area contributed by atoms with Crippen LogP contribution in [0.4, 0.5) is 0 Å². The molecule has 0 aromatic carbocycles. The van der Waals surface area contributed by atoms with Crippen molar-refractivity contribution in [2.45, 2.75) is 70.9 Å². The van der Waals surface area contributed by atoms with Gasteiger partial charge in [0.1, 0.15) is 0 Å². The van der Waals surface area contributed by atoms with E-state index in [9.17, 15) is 10.4 Å². The SMILES string of the molecule is CC(C)C1CCC(C#N)(C2(O)CCN(C)C(C)C2)CC1. The molecule has 0 radical (unpaired) electrons. The summed E-state index contributed by atoms with van der Waals surface area (Å²) in [7, 11) is 2.11. The number of hydrogen-bond donors (Lipinski definition) is 1. The molecule has 3 heteroatoms. The van der Waals surface area contributed by atoms with Crippen molar-refractivity contribution in [3.63, 3.8) is 0 Å². The van der Waals surface area contributed by atoms with Crippen molar-refractivity contribution in [3.05, 3.63) is 0 Å². The molecule has 0 spiro atoms. The monoisotopic (exact) mass is 278 g/mol. The lowest BCUT2D eigenvalue weighted by Gasteiger charge is -2.52. The van der Waals surface area contributed by atoms with Crippen molar-refractivity contribution in [1.82, 2.24) is 4.90 Å². The molecule has 0 aromatic rings. The van der Waals surface area contributed by atoms with Crippen LogP contribution in [0.5, 0.6) is 0 Å². The Morgan fingerprint density at radius 2 is 1.85 bits per heavy atom. The maximum Gasteiger partial charge on any atom is 0.0861 e. The number of nitriles is 1. The van der Waals surface area contributed by atoms with Gasteiger partial charge in [-0.15, -0.1) is 0 Å². The molecule has 2 atom stereocenters. The molecule has 1 heterocycles. The fourth-order valence-electron chi connectivity index (χ4n) is 4.24. The molecule has 114 valence electrons. The number of piperidine rings is 1. The fourth-order valence-corrected chi connectivity index (χ4v) is 4.24. The Labute approximate surface area is 124 Å². The van der Waals surface area contributed by atoms with Crippen LogP contribution in [-0.2, 0) is 0 Å². The van der Waals surface area contributed by atoms with Gasteiger partial charge in [-0.1, -0.05) is 13.8 Å². The van der Waals surface area contributed by atoms with E-state index in [1.807, 2.05) is 0 Å². The Morgan fingerprint density at radius 1 is 1.25 bits per heavy atom. The Bertz CT molecular complexity index is 379. The average molecular weight is 278 g/mol. The summed E-state index contributed by atoms with van der Waals surface area (Å²) in [5.41, 5.74) is -1.29. The molecule has 1 aliphatic carbocycles. The van der Waals surface area contributed by atoms with E-state index in [1.54, 1.807) is 0 Å². The van der Waals surface area contributed by atoms with Gasteiger partial charge >= 0.3 is 0 Å². The summed E-state index contributed by atoms with van der Waals surface area (Å²) in [6.07, 6.45) is 5.42. The third-order valence-corrected chi connectivity index (χ3v) is 6.20. The standard InChI is InChI=1S/C17H30N2O/c1-13(2)15-5-7-16(12-18,8-6-15)17(20)9-10-19(4)14(3)11-17/h13-15,20H,5-11H2,1-4H3. The molecule has 0 amide bonds. The highest BCUT2D eigenvalue weighted by Gasteiger charge is 2.54. The third kappa shape index (κ3) is 2.61. The predicted molar refractivity (Wildman–Crippen MR) is 81.1 cm³/mol. The van der Waals surface area contributed by atoms with E-state index in [4.69, 9.17) is 0 Å². The van der Waals surface area contributed by atoms with Crippen LogP contribution < -0.4 is 0 Å². The topological polar surface area (TPSA) is 47.3 Å². The zero-order chi connectivity index (χ0) is 15.0. The van der Waals surface area contributed by atoms with Gasteiger partial charge < -0.3 is 10.0 Å². The van der Waals surface area contributed by atoms with Crippen LogP contribution in [0, 0.1) is 28.6 Å². The molecule has 2 fully saturated rings. The summed E-state index contributed by atoms with van der Waals surface area (Å²) in [6, 6.07) is 2.92. The summed E-state index contributed by atoms with van der Waals surface area (Å²) in [6.45, 7) is 7.61. The minimum atomic E-state index is -0.782. The highest BCUT2D eigenvalue weighted by Crippen LogP contribution is 2.51. The first-order valence-electron chi connectivity index (χ1n) is 8.17. The first kappa shape index (κ1) is 15.8. The lowest BCUT2D eigenvalue weighted by atomic mass is 9.57. The highest BCUT2D eigenvalue weighted by molar-refractivity contribution is 5.15. The van der Waals surface area contributed by atoms with Gasteiger partial charge in [-0.2, -0.15) is 5.26 Å². The molecule has 2 aliphatic rings. The minimum Gasteiger partial charge on any atom is -0.388 e. The lowest BCUT2D eigenvalue weighted by molar-refractivity contribution is -0.124. The van der Waals surface area contributed by atoms with Crippen molar-refractivity contribution in [2.75, 3.05) is 13.6 Å². The second-order valence-corrected chi connectivity index (χ2v) is 7.59. The van der Waals surface area contributed by atoms with Crippen LogP contribution in [0.2, 0.25) is 0 Å². The van der Waals surface area contributed by atoms with Gasteiger partial charge in [0.15, 0.2) is 0 Å². The predicted octanol–water partition coefficient (Wildman–Crippen LogP) is 3.19. The second kappa shape index (κ2) is 5.66. The number of likely N-dealkylation sites (tertiary alicyclic amines) is 1. The zero-order valence-electron chi connectivity index (χ0n) is 13.5. The van der Waals surface area contributed by atoms with Crippen molar-refractivity contribution in [3.8, 4) is 6.07 Å². The number of rotatable bonds is 2. The number of aliphatic hydroxyl groups is 1. The first-order chi connectivity index (χ1) is 9.33. The number of hydrogen-bond acceptors (Lipinski definition) is 3. The summed E-state index contributed by atoms with van der Waals surface area (Å²) in [5.74, 6) is 1.42. The normalized spacial score (nSPS) is 43.5. The van der Waals surface area contributed by atoms with Crippen LogP contribution in [0.1, 0.15) is 59.3 Å². The van der Waals surface area contributed by atoms with E-state index in [1.165, 1.54) is 0 Å². The molecule has 1 aliphatic heterocycles. The van der Waals surface area contributed by atoms with E-state index in [2.05, 4.69) is 38.8 Å². The third-order valence-electron chi connectivity index (χ3n) is 6.20. The van der Waals surface area contributed by atoms with E-state index >= 15 is 0 Å². The molecular weight excluding hydrogens is 248 g/mol. The van der Waals surface area contributed by atoms with E-state index < -0.39 is 11.0 Å². The Morgan fingerprint density at radius 3 is 2.30 bits per heavy atom. The molecule has 2 unspecified atom stereocenters. The molecule has 0 aromatic heterocycles. The second-order valence-electron chi connectivity index (χ2n) is 7.59. The Kier molecular flexibility index (Phi) is 4.47. The first-order valence-corrected chi connectivity index (χ1v) is 8.17. The summed E-state index contributed by atoms with van der Waals surface area (Å²) < 4.78 is 0. The molecule has 1 N–H and O–H groups in total. The summed E-state index contributed by atoms with van der Waals surface area (Å²) in [5, 5.41) is 21.0. The highest BCUT2D eigenvalue weighted by atomic mass is 16.3. The largest absolute Gasteiger partial charge is 0.388 e. The summed E-state index contributed by atoms with van der Waals surface area (Å²) in [4.78, 5) is 2.29. The zero-order valence-corrected chi connectivity index (χ0v) is 13.5. The molecule has 0 bridgehead atoms. The lowest BCUT2D eigenvalue weighted by Crippen LogP contribution is -2.57. The van der Waals surface area contributed by atoms with Gasteiger partial charge in [0.05, 0.1) is 17.1 Å². The van der Waals surface area contributed by atoms with E-state index in [0.717, 1.165) is 51.0 Å². The smallest absolute Gasteiger partial charge is 0.0861 e. The molecule has 3 nitrogen and oxygen atoms in total. The van der Waals surface area contributed by atoms with Crippen LogP contribution in [0.15, 0.2) is 0 Å². The molecular formula is C17H30N2O. The Hall–Kier alpha value is -0.590. The average Bonchev–Trinajstić information content (AvgIpc) is 2.43. The van der Waals surface area contributed by atoms with E-state index in [-0.39, 0.29) is 0 Å². The molecule has 2 rings (SSSR count). The van der Waals surface area contributed by atoms with Crippen LogP contribution in [0.3, 0.4) is 0 Å². The Balaban J connectivity index is 2.14. The quantitative estimate of drug-likeness (QED) is 0.844. The molecule has 1 saturated carbocycles. The van der Waals surface area contributed by atoms with Crippen LogP contribution >= 0.6 is 0 Å². The van der Waals surface area contributed by atoms with Crippen molar-refractivity contribution >= 4 is 0 Å². The van der Waals surface area contributed by atoms with Gasteiger partial charge in [0, 0.05) is 12.6 Å².